The van der Waals surface area contributed by atoms with Gasteiger partial charge in [0, 0.05) is 11.8 Å². The van der Waals surface area contributed by atoms with Gasteiger partial charge >= 0.3 is 0 Å². The van der Waals surface area contributed by atoms with Gasteiger partial charge in [-0.2, -0.15) is 0 Å². The summed E-state index contributed by atoms with van der Waals surface area (Å²) >= 11 is 0. The summed E-state index contributed by atoms with van der Waals surface area (Å²) in [4.78, 5) is 16.9. The second-order valence-electron chi connectivity index (χ2n) is 4.38. The smallest absolute Gasteiger partial charge is 0.280 e. The molecule has 90 valence electrons. The Morgan fingerprint density at radius 3 is 2.61 bits per heavy atom. The number of rotatable bonds is 1. The van der Waals surface area contributed by atoms with Crippen molar-refractivity contribution in [2.75, 3.05) is 0 Å². The molecule has 0 radical (unpaired) electrons. The number of H-pyrrole nitrogens is 1. The molecule has 0 unspecified atom stereocenters. The molecule has 0 aliphatic carbocycles. The predicted octanol–water partition coefficient (Wildman–Crippen LogP) is 2.31. The summed E-state index contributed by atoms with van der Waals surface area (Å²) in [7, 11) is 0. The van der Waals surface area contributed by atoms with Gasteiger partial charge in [0.25, 0.3) is 5.56 Å². The number of aryl methyl sites for hydroxylation is 2. The van der Waals surface area contributed by atoms with Crippen LogP contribution >= 0.6 is 0 Å². The van der Waals surface area contributed by atoms with Gasteiger partial charge in [0.15, 0.2) is 5.65 Å². The lowest BCUT2D eigenvalue weighted by atomic mass is 10.1. The molecule has 0 spiro atoms. The molecule has 4 nitrogen and oxygen atoms in total. The monoisotopic (exact) mass is 239 g/mol. The summed E-state index contributed by atoms with van der Waals surface area (Å²) in [5.41, 5.74) is 3.82. The van der Waals surface area contributed by atoms with E-state index in [2.05, 4.69) is 10.1 Å². The Kier molecular flexibility index (Phi) is 2.30. The summed E-state index contributed by atoms with van der Waals surface area (Å²) in [6, 6.07) is 11.5. The SMILES string of the molecule is Cc1cc2nc(C)c(-c3ccccc3)c(=O)n2[nH]1. The highest BCUT2D eigenvalue weighted by Gasteiger charge is 2.12. The van der Waals surface area contributed by atoms with Crippen LogP contribution < -0.4 is 5.56 Å². The van der Waals surface area contributed by atoms with E-state index in [4.69, 9.17) is 0 Å². The number of benzene rings is 1. The van der Waals surface area contributed by atoms with Gasteiger partial charge in [0.1, 0.15) is 0 Å². The molecule has 0 fully saturated rings. The summed E-state index contributed by atoms with van der Waals surface area (Å²) in [6.45, 7) is 3.78. The number of fused-ring (bicyclic) bond motifs is 1. The van der Waals surface area contributed by atoms with Crippen LogP contribution in [0.25, 0.3) is 16.8 Å². The van der Waals surface area contributed by atoms with Gasteiger partial charge in [0.2, 0.25) is 0 Å². The van der Waals surface area contributed by atoms with Crippen molar-refractivity contribution in [1.29, 1.82) is 0 Å². The molecule has 0 aliphatic heterocycles. The number of aromatic amines is 1. The topological polar surface area (TPSA) is 50.2 Å². The van der Waals surface area contributed by atoms with Gasteiger partial charge in [-0.15, -0.1) is 0 Å². The second kappa shape index (κ2) is 3.84. The van der Waals surface area contributed by atoms with Crippen molar-refractivity contribution in [3.8, 4) is 11.1 Å². The van der Waals surface area contributed by atoms with Gasteiger partial charge in [-0.05, 0) is 19.4 Å². The zero-order valence-corrected chi connectivity index (χ0v) is 10.3. The maximum Gasteiger partial charge on any atom is 0.280 e. The highest BCUT2D eigenvalue weighted by molar-refractivity contribution is 5.66. The molecule has 4 heteroatoms. The summed E-state index contributed by atoms with van der Waals surface area (Å²) in [5.74, 6) is 0. The first-order chi connectivity index (χ1) is 8.66. The molecule has 0 saturated carbocycles. The summed E-state index contributed by atoms with van der Waals surface area (Å²) in [5, 5.41) is 3.01. The van der Waals surface area contributed by atoms with Crippen LogP contribution in [0.15, 0.2) is 41.2 Å². The Balaban J connectivity index is 2.40. The first-order valence-electron chi connectivity index (χ1n) is 5.81. The van der Waals surface area contributed by atoms with Gasteiger partial charge < -0.3 is 0 Å². The second-order valence-corrected chi connectivity index (χ2v) is 4.38. The zero-order valence-electron chi connectivity index (χ0n) is 10.3. The van der Waals surface area contributed by atoms with E-state index in [1.165, 1.54) is 4.52 Å². The van der Waals surface area contributed by atoms with Crippen molar-refractivity contribution >= 4 is 5.65 Å². The molecule has 0 bridgehead atoms. The molecule has 0 aliphatic rings. The lowest BCUT2D eigenvalue weighted by Crippen LogP contribution is -2.19. The van der Waals surface area contributed by atoms with Crippen molar-refractivity contribution < 1.29 is 0 Å². The Bertz CT molecular complexity index is 769. The molecular weight excluding hydrogens is 226 g/mol. The summed E-state index contributed by atoms with van der Waals surface area (Å²) in [6.07, 6.45) is 0. The highest BCUT2D eigenvalue weighted by atomic mass is 16.1. The molecule has 3 rings (SSSR count). The van der Waals surface area contributed by atoms with Crippen LogP contribution in [0.4, 0.5) is 0 Å². The van der Waals surface area contributed by atoms with Crippen molar-refractivity contribution in [3.05, 3.63) is 58.1 Å². The maximum absolute atomic E-state index is 12.5. The van der Waals surface area contributed by atoms with Crippen LogP contribution in [-0.2, 0) is 0 Å². The van der Waals surface area contributed by atoms with Gasteiger partial charge in [-0.25, -0.2) is 9.50 Å². The minimum atomic E-state index is -0.0585. The van der Waals surface area contributed by atoms with E-state index in [1.807, 2.05) is 50.2 Å². The largest absolute Gasteiger partial charge is 0.294 e. The van der Waals surface area contributed by atoms with Gasteiger partial charge in [-0.1, -0.05) is 30.3 Å². The quantitative estimate of drug-likeness (QED) is 0.708. The minimum absolute atomic E-state index is 0.0585. The number of hydrogen-bond acceptors (Lipinski definition) is 2. The molecule has 3 aromatic rings. The van der Waals surface area contributed by atoms with E-state index in [-0.39, 0.29) is 5.56 Å². The summed E-state index contributed by atoms with van der Waals surface area (Å²) < 4.78 is 1.49. The fourth-order valence-corrected chi connectivity index (χ4v) is 2.19. The van der Waals surface area contributed by atoms with E-state index in [0.717, 1.165) is 17.0 Å². The molecular formula is C14H13N3O. The van der Waals surface area contributed by atoms with Crippen LogP contribution in [0.5, 0.6) is 0 Å². The third-order valence-electron chi connectivity index (χ3n) is 2.99. The third kappa shape index (κ3) is 1.54. The maximum atomic E-state index is 12.5. The van der Waals surface area contributed by atoms with Crippen molar-refractivity contribution in [3.63, 3.8) is 0 Å². The predicted molar refractivity (Wildman–Crippen MR) is 70.7 cm³/mol. The lowest BCUT2D eigenvalue weighted by Gasteiger charge is -2.05. The zero-order chi connectivity index (χ0) is 12.7. The van der Waals surface area contributed by atoms with Crippen LogP contribution in [0.2, 0.25) is 0 Å². The van der Waals surface area contributed by atoms with Crippen LogP contribution in [-0.4, -0.2) is 14.6 Å². The fourth-order valence-electron chi connectivity index (χ4n) is 2.19. The Morgan fingerprint density at radius 2 is 1.89 bits per heavy atom. The van der Waals surface area contributed by atoms with Crippen molar-refractivity contribution in [2.24, 2.45) is 0 Å². The molecule has 1 aromatic carbocycles. The molecule has 2 heterocycles. The van der Waals surface area contributed by atoms with Crippen molar-refractivity contribution in [2.45, 2.75) is 13.8 Å². The molecule has 1 N–H and O–H groups in total. The Morgan fingerprint density at radius 1 is 1.17 bits per heavy atom. The van der Waals surface area contributed by atoms with E-state index < -0.39 is 0 Å². The fraction of sp³-hybridized carbons (Fsp3) is 0.143. The van der Waals surface area contributed by atoms with Crippen LogP contribution in [0.1, 0.15) is 11.4 Å². The van der Waals surface area contributed by atoms with Gasteiger partial charge in [0.05, 0.1) is 11.3 Å². The Hall–Kier alpha value is -2.36. The van der Waals surface area contributed by atoms with E-state index in [9.17, 15) is 4.79 Å². The van der Waals surface area contributed by atoms with Gasteiger partial charge in [-0.3, -0.25) is 9.89 Å². The van der Waals surface area contributed by atoms with Crippen LogP contribution in [0.3, 0.4) is 0 Å². The first-order valence-corrected chi connectivity index (χ1v) is 5.81. The molecule has 0 atom stereocenters. The van der Waals surface area contributed by atoms with Crippen molar-refractivity contribution in [1.82, 2.24) is 14.6 Å². The minimum Gasteiger partial charge on any atom is -0.294 e. The average molecular weight is 239 g/mol. The Labute approximate surface area is 104 Å². The molecule has 0 amide bonds. The van der Waals surface area contributed by atoms with Crippen LogP contribution in [0, 0.1) is 13.8 Å². The molecule has 0 saturated heterocycles. The van der Waals surface area contributed by atoms with E-state index in [0.29, 0.717) is 11.2 Å². The normalized spacial score (nSPS) is 11.0. The number of nitrogens with zero attached hydrogens (tertiary/aromatic N) is 2. The standard InChI is InChI=1S/C14H13N3O/c1-9-8-12-15-10(2)13(14(18)17(12)16-9)11-6-4-3-5-7-11/h3-8,16H,1-2H3. The van der Waals surface area contributed by atoms with E-state index in [1.54, 1.807) is 0 Å². The average Bonchev–Trinajstić information content (AvgIpc) is 2.71. The number of nitrogens with one attached hydrogen (secondary N) is 1. The first kappa shape index (κ1) is 10.8. The number of hydrogen-bond donors (Lipinski definition) is 1. The third-order valence-corrected chi connectivity index (χ3v) is 2.99. The molecule has 18 heavy (non-hydrogen) atoms. The highest BCUT2D eigenvalue weighted by Crippen LogP contribution is 2.18. The molecule has 2 aromatic heterocycles. The van der Waals surface area contributed by atoms with E-state index >= 15 is 0 Å². The lowest BCUT2D eigenvalue weighted by molar-refractivity contribution is 0.876. The number of aromatic nitrogens is 3.